The molecule has 0 bridgehead atoms. The standard InChI is InChI=1S/C20H25N3O3S/c1-14-12-15(2)21-16(3)19(14)22-20(24)17-8-7-11-23(13-17)27(25,26)18-9-5-4-6-10-18/h4-6,9-10,12,17H,7-8,11,13H2,1-3H3,(H,22,24). The fourth-order valence-corrected chi connectivity index (χ4v) is 5.10. The van der Waals surface area contributed by atoms with E-state index in [1.807, 2.05) is 26.8 Å². The molecule has 3 rings (SSSR count). The Morgan fingerprint density at radius 2 is 1.89 bits per heavy atom. The van der Waals surface area contributed by atoms with Crippen molar-refractivity contribution in [2.75, 3.05) is 18.4 Å². The molecule has 2 heterocycles. The number of pyridine rings is 1. The van der Waals surface area contributed by atoms with Crippen LogP contribution < -0.4 is 5.32 Å². The Bertz CT molecular complexity index is 919. The summed E-state index contributed by atoms with van der Waals surface area (Å²) in [5.41, 5.74) is 3.35. The predicted molar refractivity (Wildman–Crippen MR) is 105 cm³/mol. The molecule has 1 aliphatic heterocycles. The summed E-state index contributed by atoms with van der Waals surface area (Å²) in [6.07, 6.45) is 1.33. The zero-order valence-corrected chi connectivity index (χ0v) is 16.7. The molecule has 0 saturated carbocycles. The van der Waals surface area contributed by atoms with Crippen LogP contribution in [0.3, 0.4) is 0 Å². The van der Waals surface area contributed by atoms with E-state index in [-0.39, 0.29) is 23.3 Å². The predicted octanol–water partition coefficient (Wildman–Crippen LogP) is 3.05. The molecule has 1 aliphatic rings. The van der Waals surface area contributed by atoms with Gasteiger partial charge in [0.15, 0.2) is 0 Å². The first-order valence-electron chi connectivity index (χ1n) is 9.10. The number of nitrogens with zero attached hydrogens (tertiary/aromatic N) is 2. The van der Waals surface area contributed by atoms with E-state index in [0.717, 1.165) is 17.0 Å². The van der Waals surface area contributed by atoms with Crippen LogP contribution in [0.1, 0.15) is 29.8 Å². The van der Waals surface area contributed by atoms with Crippen molar-refractivity contribution in [2.24, 2.45) is 5.92 Å². The molecule has 1 aromatic carbocycles. The van der Waals surface area contributed by atoms with E-state index >= 15 is 0 Å². The molecule has 144 valence electrons. The first kappa shape index (κ1) is 19.5. The zero-order chi connectivity index (χ0) is 19.6. The van der Waals surface area contributed by atoms with Gasteiger partial charge in [0.2, 0.25) is 15.9 Å². The van der Waals surface area contributed by atoms with Gasteiger partial charge in [-0.15, -0.1) is 0 Å². The SMILES string of the molecule is Cc1cc(C)c(NC(=O)C2CCCN(S(=O)(=O)c3ccccc3)C2)c(C)n1. The molecule has 1 aromatic heterocycles. The van der Waals surface area contributed by atoms with Gasteiger partial charge >= 0.3 is 0 Å². The molecule has 1 saturated heterocycles. The van der Waals surface area contributed by atoms with Gasteiger partial charge in [-0.05, 0) is 57.4 Å². The third-order valence-electron chi connectivity index (χ3n) is 4.91. The van der Waals surface area contributed by atoms with Crippen molar-refractivity contribution < 1.29 is 13.2 Å². The number of carbonyl (C=O) groups excluding carboxylic acids is 1. The molecule has 1 fully saturated rings. The number of piperidine rings is 1. The number of aromatic nitrogens is 1. The number of sulfonamides is 1. The maximum absolute atomic E-state index is 12.8. The molecule has 2 aromatic rings. The minimum atomic E-state index is -3.58. The maximum Gasteiger partial charge on any atom is 0.243 e. The fraction of sp³-hybridized carbons (Fsp3) is 0.400. The van der Waals surface area contributed by atoms with E-state index in [2.05, 4.69) is 10.3 Å². The van der Waals surface area contributed by atoms with Gasteiger partial charge in [-0.2, -0.15) is 4.31 Å². The zero-order valence-electron chi connectivity index (χ0n) is 15.9. The number of amides is 1. The number of benzene rings is 1. The van der Waals surface area contributed by atoms with Crippen LogP contribution in [0.15, 0.2) is 41.3 Å². The fourth-order valence-electron chi connectivity index (χ4n) is 3.55. The minimum absolute atomic E-state index is 0.153. The molecule has 27 heavy (non-hydrogen) atoms. The highest BCUT2D eigenvalue weighted by Crippen LogP contribution is 2.26. The third-order valence-corrected chi connectivity index (χ3v) is 6.79. The summed E-state index contributed by atoms with van der Waals surface area (Å²) in [4.78, 5) is 17.5. The van der Waals surface area contributed by atoms with E-state index in [4.69, 9.17) is 0 Å². The van der Waals surface area contributed by atoms with E-state index in [0.29, 0.717) is 25.1 Å². The van der Waals surface area contributed by atoms with Gasteiger partial charge in [-0.25, -0.2) is 8.42 Å². The monoisotopic (exact) mass is 387 g/mol. The van der Waals surface area contributed by atoms with Crippen LogP contribution in [-0.4, -0.2) is 36.7 Å². The van der Waals surface area contributed by atoms with Crippen molar-refractivity contribution in [1.29, 1.82) is 0 Å². The van der Waals surface area contributed by atoms with Gasteiger partial charge in [0.05, 0.1) is 22.2 Å². The number of carbonyl (C=O) groups is 1. The lowest BCUT2D eigenvalue weighted by Gasteiger charge is -2.31. The molecule has 1 atom stereocenters. The van der Waals surface area contributed by atoms with Crippen molar-refractivity contribution in [3.8, 4) is 0 Å². The summed E-state index contributed by atoms with van der Waals surface area (Å²) in [7, 11) is -3.58. The van der Waals surface area contributed by atoms with Crippen LogP contribution in [0.4, 0.5) is 5.69 Å². The van der Waals surface area contributed by atoms with Crippen molar-refractivity contribution in [3.05, 3.63) is 53.3 Å². The molecule has 7 heteroatoms. The molecule has 1 unspecified atom stereocenters. The van der Waals surface area contributed by atoms with Crippen molar-refractivity contribution >= 4 is 21.6 Å². The highest BCUT2D eigenvalue weighted by Gasteiger charge is 2.33. The van der Waals surface area contributed by atoms with Gasteiger partial charge < -0.3 is 5.32 Å². The number of anilines is 1. The number of aryl methyl sites for hydroxylation is 3. The van der Waals surface area contributed by atoms with E-state index in [1.165, 1.54) is 4.31 Å². The Kier molecular flexibility index (Phi) is 5.62. The average Bonchev–Trinajstić information content (AvgIpc) is 2.65. The lowest BCUT2D eigenvalue weighted by molar-refractivity contribution is -0.120. The Morgan fingerprint density at radius 1 is 1.19 bits per heavy atom. The molecular formula is C20H25N3O3S. The second-order valence-corrected chi connectivity index (χ2v) is 8.98. The van der Waals surface area contributed by atoms with Crippen LogP contribution in [0.5, 0.6) is 0 Å². The summed E-state index contributed by atoms with van der Waals surface area (Å²) in [5, 5.41) is 2.96. The molecule has 0 aliphatic carbocycles. The lowest BCUT2D eigenvalue weighted by atomic mass is 9.98. The van der Waals surface area contributed by atoms with Crippen LogP contribution in [0.2, 0.25) is 0 Å². The summed E-state index contributed by atoms with van der Waals surface area (Å²) < 4.78 is 27.1. The van der Waals surface area contributed by atoms with Crippen molar-refractivity contribution in [1.82, 2.24) is 9.29 Å². The highest BCUT2D eigenvalue weighted by atomic mass is 32.2. The quantitative estimate of drug-likeness (QED) is 0.874. The summed E-state index contributed by atoms with van der Waals surface area (Å²) >= 11 is 0. The molecule has 1 amide bonds. The van der Waals surface area contributed by atoms with Gasteiger partial charge in [0.25, 0.3) is 0 Å². The second-order valence-electron chi connectivity index (χ2n) is 7.05. The van der Waals surface area contributed by atoms with Gasteiger partial charge in [-0.3, -0.25) is 9.78 Å². The topological polar surface area (TPSA) is 79.4 Å². The first-order valence-corrected chi connectivity index (χ1v) is 10.5. The van der Waals surface area contributed by atoms with Crippen LogP contribution in [0, 0.1) is 26.7 Å². The van der Waals surface area contributed by atoms with Crippen LogP contribution >= 0.6 is 0 Å². The van der Waals surface area contributed by atoms with E-state index in [1.54, 1.807) is 30.3 Å². The number of hydrogen-bond acceptors (Lipinski definition) is 4. The Labute approximate surface area is 160 Å². The number of nitrogens with one attached hydrogen (secondary N) is 1. The first-order chi connectivity index (χ1) is 12.8. The molecule has 6 nitrogen and oxygen atoms in total. The molecule has 0 spiro atoms. The van der Waals surface area contributed by atoms with Gasteiger partial charge in [0, 0.05) is 18.8 Å². The summed E-state index contributed by atoms with van der Waals surface area (Å²) in [6, 6.07) is 10.3. The summed E-state index contributed by atoms with van der Waals surface area (Å²) in [6.45, 7) is 6.34. The summed E-state index contributed by atoms with van der Waals surface area (Å²) in [5.74, 6) is -0.530. The van der Waals surface area contributed by atoms with E-state index in [9.17, 15) is 13.2 Å². The molecule has 1 N–H and O–H groups in total. The Hall–Kier alpha value is -2.25. The lowest BCUT2D eigenvalue weighted by Crippen LogP contribution is -2.43. The Balaban J connectivity index is 1.76. The van der Waals surface area contributed by atoms with Crippen molar-refractivity contribution in [3.63, 3.8) is 0 Å². The molecule has 0 radical (unpaired) electrons. The highest BCUT2D eigenvalue weighted by molar-refractivity contribution is 7.89. The number of rotatable bonds is 4. The molecular weight excluding hydrogens is 362 g/mol. The largest absolute Gasteiger partial charge is 0.324 e. The van der Waals surface area contributed by atoms with Gasteiger partial charge in [-0.1, -0.05) is 18.2 Å². The maximum atomic E-state index is 12.8. The normalized spacial score (nSPS) is 18.3. The smallest absolute Gasteiger partial charge is 0.243 e. The Morgan fingerprint density at radius 3 is 2.56 bits per heavy atom. The average molecular weight is 388 g/mol. The van der Waals surface area contributed by atoms with Crippen LogP contribution in [-0.2, 0) is 14.8 Å². The third kappa shape index (κ3) is 4.20. The van der Waals surface area contributed by atoms with Crippen LogP contribution in [0.25, 0.3) is 0 Å². The number of hydrogen-bond donors (Lipinski definition) is 1. The van der Waals surface area contributed by atoms with Crippen molar-refractivity contribution in [2.45, 2.75) is 38.5 Å². The minimum Gasteiger partial charge on any atom is -0.324 e. The van der Waals surface area contributed by atoms with E-state index < -0.39 is 10.0 Å². The van der Waals surface area contributed by atoms with Gasteiger partial charge in [0.1, 0.15) is 0 Å². The second kappa shape index (κ2) is 7.78.